The average Bonchev–Trinajstić information content (AvgIpc) is 3.44. The largest absolute Gasteiger partial charge is 0.508 e. The third kappa shape index (κ3) is 8.37. The first kappa shape index (κ1) is 29.3. The molecule has 0 spiro atoms. The number of carbonyl (C=O) groups is 3. The average molecular weight is 557 g/mol. The lowest BCUT2D eigenvalue weighted by atomic mass is 9.92. The summed E-state index contributed by atoms with van der Waals surface area (Å²) in [5.41, 5.74) is 0.602. The number of hydrogen-bond donors (Lipinski definition) is 4. The van der Waals surface area contributed by atoms with Crippen molar-refractivity contribution in [3.63, 3.8) is 0 Å². The second kappa shape index (κ2) is 14.1. The van der Waals surface area contributed by atoms with Crippen LogP contribution in [-0.4, -0.2) is 61.4 Å². The second-order valence-corrected chi connectivity index (χ2v) is 9.79. The predicted octanol–water partition coefficient (Wildman–Crippen LogP) is 3.49. The van der Waals surface area contributed by atoms with Crippen molar-refractivity contribution in [2.45, 2.75) is 31.3 Å². The topological polar surface area (TPSA) is 143 Å². The molecule has 1 aliphatic rings. The molecule has 1 unspecified atom stereocenters. The number of rotatable bonds is 13. The lowest BCUT2D eigenvalue weighted by molar-refractivity contribution is -0.142. The number of aliphatic hydroxyl groups excluding tert-OH is 1. The van der Waals surface area contributed by atoms with Crippen molar-refractivity contribution in [3.05, 3.63) is 70.1 Å². The Morgan fingerprint density at radius 3 is 2.36 bits per heavy atom. The van der Waals surface area contributed by atoms with Crippen LogP contribution < -0.4 is 24.8 Å². The van der Waals surface area contributed by atoms with Gasteiger partial charge in [0.05, 0.1) is 21.3 Å². The molecule has 0 aliphatic heterocycles. The molecule has 0 radical (unpaired) electrons. The molecule has 2 aromatic rings. The van der Waals surface area contributed by atoms with Gasteiger partial charge < -0.3 is 35.1 Å². The lowest BCUT2D eigenvalue weighted by Gasteiger charge is -2.23. The number of methoxy groups -OCH3 is 3. The van der Waals surface area contributed by atoms with Gasteiger partial charge in [0, 0.05) is 17.4 Å². The number of benzene rings is 1. The summed E-state index contributed by atoms with van der Waals surface area (Å²) in [4.78, 5) is 38.8. The molecule has 0 bridgehead atoms. The van der Waals surface area contributed by atoms with Gasteiger partial charge in [-0.15, -0.1) is 11.3 Å². The first-order valence-corrected chi connectivity index (χ1v) is 13.0. The van der Waals surface area contributed by atoms with Crippen molar-refractivity contribution in [2.75, 3.05) is 21.3 Å². The van der Waals surface area contributed by atoms with Gasteiger partial charge >= 0.3 is 5.97 Å². The van der Waals surface area contributed by atoms with Gasteiger partial charge in [0.1, 0.15) is 17.8 Å². The van der Waals surface area contributed by atoms with Crippen LogP contribution in [0.4, 0.5) is 0 Å². The number of thiophene rings is 1. The Morgan fingerprint density at radius 1 is 1.10 bits per heavy atom. The van der Waals surface area contributed by atoms with Gasteiger partial charge in [-0.25, -0.2) is 4.79 Å². The van der Waals surface area contributed by atoms with Crippen molar-refractivity contribution in [3.8, 4) is 17.2 Å². The van der Waals surface area contributed by atoms with Crippen LogP contribution in [0, 0.1) is 5.92 Å². The molecule has 10 nitrogen and oxygen atoms in total. The Kier molecular flexibility index (Phi) is 10.6. The number of carbonyl (C=O) groups excluding carboxylic acids is 2. The number of nitrogens with one attached hydrogen (secondary N) is 2. The fourth-order valence-electron chi connectivity index (χ4n) is 4.05. The molecular weight excluding hydrogens is 524 g/mol. The molecule has 4 N–H and O–H groups in total. The number of aliphatic carboxylic acids is 1. The summed E-state index contributed by atoms with van der Waals surface area (Å²) in [6.45, 7) is 0. The normalized spacial score (nSPS) is 16.2. The van der Waals surface area contributed by atoms with Crippen molar-refractivity contribution < 1.29 is 38.8 Å². The molecule has 0 saturated heterocycles. The van der Waals surface area contributed by atoms with Gasteiger partial charge in [0.15, 0.2) is 11.5 Å². The molecular formula is C28H32N2O8S. The van der Waals surface area contributed by atoms with Crippen molar-refractivity contribution in [2.24, 2.45) is 5.92 Å². The molecule has 3 atom stereocenters. The molecule has 0 fully saturated rings. The first-order valence-electron chi connectivity index (χ1n) is 12.2. The summed E-state index contributed by atoms with van der Waals surface area (Å²) in [6.07, 6.45) is 8.44. The van der Waals surface area contributed by atoms with Gasteiger partial charge in [0.2, 0.25) is 17.6 Å². The van der Waals surface area contributed by atoms with Crippen LogP contribution in [0.3, 0.4) is 0 Å². The molecule has 208 valence electrons. The molecule has 1 aliphatic carbocycles. The van der Waals surface area contributed by atoms with Crippen molar-refractivity contribution in [1.29, 1.82) is 0 Å². The zero-order valence-electron chi connectivity index (χ0n) is 21.9. The molecule has 3 rings (SSSR count). The molecule has 2 amide bonds. The van der Waals surface area contributed by atoms with E-state index in [9.17, 15) is 24.6 Å². The molecule has 11 heteroatoms. The van der Waals surface area contributed by atoms with Gasteiger partial charge in [-0.05, 0) is 66.1 Å². The predicted molar refractivity (Wildman–Crippen MR) is 147 cm³/mol. The number of carboxylic acids is 1. The van der Waals surface area contributed by atoms with E-state index in [0.717, 1.165) is 4.88 Å². The minimum atomic E-state index is -1.18. The number of hydrogen-bond acceptors (Lipinski definition) is 8. The summed E-state index contributed by atoms with van der Waals surface area (Å²) in [5, 5.41) is 26.4. The highest BCUT2D eigenvalue weighted by Crippen LogP contribution is 2.38. The number of aliphatic hydroxyl groups is 1. The van der Waals surface area contributed by atoms with E-state index in [2.05, 4.69) is 10.6 Å². The van der Waals surface area contributed by atoms with E-state index in [-0.39, 0.29) is 24.5 Å². The zero-order chi connectivity index (χ0) is 28.4. The number of allylic oxidation sites excluding steroid dienone is 3. The van der Waals surface area contributed by atoms with Crippen LogP contribution in [0.15, 0.2) is 59.7 Å². The summed E-state index contributed by atoms with van der Waals surface area (Å²) in [5.74, 6) is -1.10. The standard InChI is InChI=1S/C28H32N2O8S/c1-36-23-14-18(15-24(37-2)26(23)38-3)8-11-25(32)29-21(16-20-5-4-12-39-20)27(33)30-22(28(34)35)13-17-6-9-19(31)10-7-17/h4-6,8-12,14-15,17,21-22,31H,7,13,16H2,1-3H3,(H,29,32)(H,30,33)(H,34,35)/t17?,21-,22-/m0/s1. The van der Waals surface area contributed by atoms with Crippen LogP contribution in [0.2, 0.25) is 0 Å². The van der Waals surface area contributed by atoms with E-state index in [1.807, 2.05) is 17.5 Å². The molecule has 39 heavy (non-hydrogen) atoms. The number of ether oxygens (including phenoxy) is 3. The van der Waals surface area contributed by atoms with E-state index in [4.69, 9.17) is 14.2 Å². The Morgan fingerprint density at radius 2 is 1.82 bits per heavy atom. The first-order chi connectivity index (χ1) is 18.7. The Labute approximate surface area is 230 Å². The summed E-state index contributed by atoms with van der Waals surface area (Å²) in [7, 11) is 4.46. The van der Waals surface area contributed by atoms with Crippen LogP contribution in [0.25, 0.3) is 6.08 Å². The lowest BCUT2D eigenvalue weighted by Crippen LogP contribution is -2.52. The SMILES string of the molecule is COc1cc(C=CC(=O)N[C@@H](Cc2cccs2)C(=O)N[C@@H](CC2C=CC(O)=CC2)C(=O)O)cc(OC)c1OC. The highest BCUT2D eigenvalue weighted by Gasteiger charge is 2.28. The quantitative estimate of drug-likeness (QED) is 0.275. The summed E-state index contributed by atoms with van der Waals surface area (Å²) in [6, 6.07) is 4.84. The fourth-order valence-corrected chi connectivity index (χ4v) is 4.81. The molecule has 1 heterocycles. The molecule has 0 saturated carbocycles. The zero-order valence-corrected chi connectivity index (χ0v) is 22.7. The highest BCUT2D eigenvalue weighted by atomic mass is 32.1. The van der Waals surface area contributed by atoms with E-state index in [0.29, 0.717) is 29.2 Å². The van der Waals surface area contributed by atoms with E-state index in [1.165, 1.54) is 50.9 Å². The van der Waals surface area contributed by atoms with Gasteiger partial charge in [-0.1, -0.05) is 12.1 Å². The summed E-state index contributed by atoms with van der Waals surface area (Å²) < 4.78 is 16.0. The Hall–Kier alpha value is -4.25. The molecule has 1 aromatic carbocycles. The highest BCUT2D eigenvalue weighted by molar-refractivity contribution is 7.09. The number of carboxylic acid groups (broad SMARTS) is 1. The maximum atomic E-state index is 13.2. The monoisotopic (exact) mass is 556 g/mol. The van der Waals surface area contributed by atoms with E-state index >= 15 is 0 Å². The van der Waals surface area contributed by atoms with Crippen LogP contribution >= 0.6 is 11.3 Å². The second-order valence-electron chi connectivity index (χ2n) is 8.76. The smallest absolute Gasteiger partial charge is 0.326 e. The van der Waals surface area contributed by atoms with Crippen LogP contribution in [-0.2, 0) is 20.8 Å². The third-order valence-electron chi connectivity index (χ3n) is 6.05. The van der Waals surface area contributed by atoms with Gasteiger partial charge in [-0.3, -0.25) is 9.59 Å². The minimum absolute atomic E-state index is 0.125. The van der Waals surface area contributed by atoms with E-state index < -0.39 is 29.9 Å². The van der Waals surface area contributed by atoms with Gasteiger partial charge in [-0.2, -0.15) is 0 Å². The van der Waals surface area contributed by atoms with Gasteiger partial charge in [0.25, 0.3) is 0 Å². The van der Waals surface area contributed by atoms with Crippen molar-refractivity contribution >= 4 is 35.2 Å². The van der Waals surface area contributed by atoms with E-state index in [1.54, 1.807) is 24.3 Å². The van der Waals surface area contributed by atoms with Crippen molar-refractivity contribution in [1.82, 2.24) is 10.6 Å². The minimum Gasteiger partial charge on any atom is -0.508 e. The third-order valence-corrected chi connectivity index (χ3v) is 6.95. The fraction of sp³-hybridized carbons (Fsp3) is 0.321. The summed E-state index contributed by atoms with van der Waals surface area (Å²) >= 11 is 1.43. The molecule has 1 aromatic heterocycles. The van der Waals surface area contributed by atoms with Crippen LogP contribution in [0.1, 0.15) is 23.3 Å². The van der Waals surface area contributed by atoms with Crippen LogP contribution in [0.5, 0.6) is 17.2 Å². The Bertz CT molecular complexity index is 1230. The maximum absolute atomic E-state index is 13.2. The number of amides is 2. The maximum Gasteiger partial charge on any atom is 0.326 e. The Balaban J connectivity index is 1.73.